The van der Waals surface area contributed by atoms with Crippen molar-refractivity contribution in [2.24, 2.45) is 0 Å². The first kappa shape index (κ1) is 21.3. The van der Waals surface area contributed by atoms with Gasteiger partial charge in [0, 0.05) is 31.0 Å². The molecule has 0 amide bonds. The molecule has 0 aromatic carbocycles. The van der Waals surface area contributed by atoms with E-state index >= 15 is 0 Å². The van der Waals surface area contributed by atoms with Crippen LogP contribution in [0.5, 0.6) is 0 Å². The van der Waals surface area contributed by atoms with Gasteiger partial charge in [-0.1, -0.05) is 19.3 Å². The van der Waals surface area contributed by atoms with Gasteiger partial charge in [0.05, 0.1) is 0 Å². The molecule has 0 saturated carbocycles. The summed E-state index contributed by atoms with van der Waals surface area (Å²) in [5, 5.41) is 0. The van der Waals surface area contributed by atoms with Crippen molar-refractivity contribution in [2.45, 2.75) is 84.7 Å². The minimum absolute atomic E-state index is 0.143. The summed E-state index contributed by atoms with van der Waals surface area (Å²) in [5.41, 5.74) is -0.143. The summed E-state index contributed by atoms with van der Waals surface area (Å²) in [6.07, 6.45) is 6.65. The Morgan fingerprint density at radius 1 is 1.12 bits per heavy atom. The standard InChI is InChI=1S/C17H32N2O3SSi/c1-14(2)21-24(5,22-15(3)4)13-9-7-6-8-11-19-12-10-16(20)18-17(19)23/h10,12,14-15H,6-9,11,13H2,1-5H3,(H,18,20,23). The molecule has 1 aromatic rings. The van der Waals surface area contributed by atoms with Gasteiger partial charge in [-0.2, -0.15) is 0 Å². The van der Waals surface area contributed by atoms with E-state index in [1.165, 1.54) is 6.07 Å². The molecule has 138 valence electrons. The molecule has 24 heavy (non-hydrogen) atoms. The van der Waals surface area contributed by atoms with Gasteiger partial charge >= 0.3 is 8.56 Å². The van der Waals surface area contributed by atoms with E-state index in [0.29, 0.717) is 4.77 Å². The van der Waals surface area contributed by atoms with Crippen LogP contribution >= 0.6 is 12.2 Å². The first-order valence-electron chi connectivity index (χ1n) is 8.87. The van der Waals surface area contributed by atoms with E-state index in [1.54, 1.807) is 6.20 Å². The maximum absolute atomic E-state index is 11.1. The van der Waals surface area contributed by atoms with Gasteiger partial charge in [-0.25, -0.2) is 0 Å². The van der Waals surface area contributed by atoms with Gasteiger partial charge in [0.25, 0.3) is 5.56 Å². The van der Waals surface area contributed by atoms with Crippen LogP contribution in [-0.2, 0) is 15.4 Å². The lowest BCUT2D eigenvalue weighted by molar-refractivity contribution is 0.109. The highest BCUT2D eigenvalue weighted by molar-refractivity contribution is 7.71. The van der Waals surface area contributed by atoms with Gasteiger partial charge < -0.3 is 13.4 Å². The lowest BCUT2D eigenvalue weighted by Gasteiger charge is -2.31. The molecule has 5 nitrogen and oxygen atoms in total. The number of aryl methyl sites for hydroxylation is 1. The third kappa shape index (κ3) is 8.37. The van der Waals surface area contributed by atoms with Crippen LogP contribution in [0.15, 0.2) is 17.1 Å². The minimum Gasteiger partial charge on any atom is -0.392 e. The predicted molar refractivity (Wildman–Crippen MR) is 103 cm³/mol. The highest BCUT2D eigenvalue weighted by atomic mass is 32.1. The molecule has 7 heteroatoms. The van der Waals surface area contributed by atoms with Gasteiger partial charge in [-0.05, 0) is 58.9 Å². The summed E-state index contributed by atoms with van der Waals surface area (Å²) >= 11 is 5.15. The largest absolute Gasteiger partial charge is 0.392 e. The van der Waals surface area contributed by atoms with Crippen LogP contribution in [-0.4, -0.2) is 30.3 Å². The van der Waals surface area contributed by atoms with Gasteiger partial charge in [-0.15, -0.1) is 0 Å². The zero-order valence-electron chi connectivity index (χ0n) is 15.6. The van der Waals surface area contributed by atoms with Crippen molar-refractivity contribution in [3.63, 3.8) is 0 Å². The third-order valence-corrected chi connectivity index (χ3v) is 7.19. The fourth-order valence-corrected chi connectivity index (χ4v) is 6.28. The average molecular weight is 373 g/mol. The Balaban J connectivity index is 2.33. The zero-order valence-corrected chi connectivity index (χ0v) is 17.4. The smallest absolute Gasteiger partial charge is 0.335 e. The Morgan fingerprint density at radius 3 is 2.25 bits per heavy atom. The monoisotopic (exact) mass is 372 g/mol. The van der Waals surface area contributed by atoms with Crippen molar-refractivity contribution in [2.75, 3.05) is 0 Å². The van der Waals surface area contributed by atoms with Gasteiger partial charge in [0.2, 0.25) is 0 Å². The highest BCUT2D eigenvalue weighted by Gasteiger charge is 2.33. The molecular weight excluding hydrogens is 340 g/mol. The summed E-state index contributed by atoms with van der Waals surface area (Å²) in [5.74, 6) is 0. The van der Waals surface area contributed by atoms with Crippen molar-refractivity contribution in [1.29, 1.82) is 0 Å². The number of aromatic amines is 1. The Kier molecular flexibility index (Phi) is 9.11. The second-order valence-corrected chi connectivity index (χ2v) is 10.6. The summed E-state index contributed by atoms with van der Waals surface area (Å²) in [4.78, 5) is 13.8. The molecular formula is C17H32N2O3SSi. The number of unbranched alkanes of at least 4 members (excludes halogenated alkanes) is 3. The van der Waals surface area contributed by atoms with Crippen molar-refractivity contribution in [3.8, 4) is 0 Å². The van der Waals surface area contributed by atoms with E-state index < -0.39 is 8.56 Å². The lowest BCUT2D eigenvalue weighted by atomic mass is 10.2. The van der Waals surface area contributed by atoms with Crippen LogP contribution in [0, 0.1) is 4.77 Å². The molecule has 1 N–H and O–H groups in total. The van der Waals surface area contributed by atoms with E-state index in [9.17, 15) is 4.79 Å². The molecule has 0 aliphatic rings. The fourth-order valence-electron chi connectivity index (χ4n) is 2.84. The summed E-state index contributed by atoms with van der Waals surface area (Å²) in [7, 11) is -2.08. The predicted octanol–water partition coefficient (Wildman–Crippen LogP) is 4.39. The van der Waals surface area contributed by atoms with Crippen LogP contribution in [0.3, 0.4) is 0 Å². The summed E-state index contributed by atoms with van der Waals surface area (Å²) in [6, 6.07) is 2.54. The molecule has 0 aliphatic carbocycles. The molecule has 1 heterocycles. The number of rotatable bonds is 11. The Labute approximate surface area is 151 Å². The van der Waals surface area contributed by atoms with Crippen molar-refractivity contribution < 1.29 is 8.85 Å². The van der Waals surface area contributed by atoms with Crippen LogP contribution < -0.4 is 5.56 Å². The van der Waals surface area contributed by atoms with Crippen molar-refractivity contribution >= 4 is 20.8 Å². The lowest BCUT2D eigenvalue weighted by Crippen LogP contribution is -2.42. The fraction of sp³-hybridized carbons (Fsp3) is 0.765. The summed E-state index contributed by atoms with van der Waals surface area (Å²) < 4.78 is 14.6. The van der Waals surface area contributed by atoms with Crippen molar-refractivity contribution in [3.05, 3.63) is 27.4 Å². The molecule has 0 saturated heterocycles. The first-order valence-corrected chi connectivity index (χ1v) is 11.8. The van der Waals surface area contributed by atoms with Crippen LogP contribution in [0.4, 0.5) is 0 Å². The molecule has 0 unspecified atom stereocenters. The maximum atomic E-state index is 11.1. The Hall–Kier alpha value is -0.763. The second kappa shape index (κ2) is 10.3. The van der Waals surface area contributed by atoms with E-state index in [-0.39, 0.29) is 17.8 Å². The third-order valence-electron chi connectivity index (χ3n) is 3.65. The first-order chi connectivity index (χ1) is 11.2. The molecule has 0 fully saturated rings. The molecule has 0 aliphatic heterocycles. The summed E-state index contributed by atoms with van der Waals surface area (Å²) in [6.45, 7) is 11.3. The van der Waals surface area contributed by atoms with Gasteiger partial charge in [-0.3, -0.25) is 9.78 Å². The topological polar surface area (TPSA) is 56.2 Å². The number of hydrogen-bond acceptors (Lipinski definition) is 4. The average Bonchev–Trinajstić information content (AvgIpc) is 2.42. The van der Waals surface area contributed by atoms with E-state index in [1.807, 2.05) is 4.57 Å². The van der Waals surface area contributed by atoms with Crippen molar-refractivity contribution in [1.82, 2.24) is 9.55 Å². The number of aromatic nitrogens is 2. The number of hydrogen-bond donors (Lipinski definition) is 1. The Bertz CT molecular complexity index is 588. The number of H-pyrrole nitrogens is 1. The SMILES string of the molecule is CC(C)O[Si](C)(CCCCCCn1ccc(=O)[nH]c1=S)OC(C)C. The molecule has 1 rings (SSSR count). The second-order valence-electron chi connectivity index (χ2n) is 6.93. The van der Waals surface area contributed by atoms with Crippen LogP contribution in [0.25, 0.3) is 0 Å². The quantitative estimate of drug-likeness (QED) is 0.356. The number of nitrogens with one attached hydrogen (secondary N) is 1. The number of nitrogens with zero attached hydrogens (tertiary/aromatic N) is 1. The normalized spacial score (nSPS) is 12.3. The highest BCUT2D eigenvalue weighted by Crippen LogP contribution is 2.21. The maximum Gasteiger partial charge on any atom is 0.335 e. The van der Waals surface area contributed by atoms with Gasteiger partial charge in [0.1, 0.15) is 0 Å². The van der Waals surface area contributed by atoms with Crippen LogP contribution in [0.2, 0.25) is 12.6 Å². The molecule has 0 spiro atoms. The molecule has 0 bridgehead atoms. The molecule has 0 radical (unpaired) electrons. The van der Waals surface area contributed by atoms with E-state index in [2.05, 4.69) is 39.2 Å². The van der Waals surface area contributed by atoms with Gasteiger partial charge in [0.15, 0.2) is 4.77 Å². The molecule has 1 aromatic heterocycles. The molecule has 0 atom stereocenters. The Morgan fingerprint density at radius 2 is 1.71 bits per heavy atom. The zero-order chi connectivity index (χ0) is 18.2. The van der Waals surface area contributed by atoms with Crippen LogP contribution in [0.1, 0.15) is 53.4 Å². The van der Waals surface area contributed by atoms with E-state index in [0.717, 1.165) is 38.3 Å². The minimum atomic E-state index is -2.08. The van der Waals surface area contributed by atoms with E-state index in [4.69, 9.17) is 21.1 Å².